The molecule has 3 atom stereocenters. The van der Waals surface area contributed by atoms with Crippen molar-refractivity contribution >= 4 is 39.0 Å². The van der Waals surface area contributed by atoms with E-state index in [-0.39, 0.29) is 28.5 Å². The highest BCUT2D eigenvalue weighted by atomic mass is 79.9. The Hall–Kier alpha value is -1.59. The summed E-state index contributed by atoms with van der Waals surface area (Å²) in [4.78, 5) is 13.3. The van der Waals surface area contributed by atoms with Crippen LogP contribution in [0.4, 0.5) is 19.0 Å². The lowest BCUT2D eigenvalue weighted by atomic mass is 10.0. The molecule has 0 bridgehead atoms. The number of halogens is 4. The number of hydrogen-bond donors (Lipinski definition) is 2. The van der Waals surface area contributed by atoms with Gasteiger partial charge in [0.1, 0.15) is 5.82 Å². The zero-order valence-corrected chi connectivity index (χ0v) is 17.0. The van der Waals surface area contributed by atoms with Crippen LogP contribution in [0.2, 0.25) is 0 Å². The van der Waals surface area contributed by atoms with Gasteiger partial charge in [0.2, 0.25) is 0 Å². The quantitative estimate of drug-likeness (QED) is 0.688. The summed E-state index contributed by atoms with van der Waals surface area (Å²) in [7, 11) is 0. The van der Waals surface area contributed by atoms with E-state index in [4.69, 9.17) is 4.74 Å². The van der Waals surface area contributed by atoms with Crippen molar-refractivity contribution in [2.75, 3.05) is 18.5 Å². The summed E-state index contributed by atoms with van der Waals surface area (Å²) in [5.41, 5.74) is -0.0680. The fourth-order valence-corrected chi connectivity index (χ4v) is 4.85. The predicted molar refractivity (Wildman–Crippen MR) is 102 cm³/mol. The average molecular weight is 479 g/mol. The van der Waals surface area contributed by atoms with Gasteiger partial charge in [0.15, 0.2) is 11.7 Å². The molecule has 1 fully saturated rings. The molecule has 1 amide bonds. The number of amides is 1. The Bertz CT molecular complexity index is 849. The number of carbonyl (C=O) groups is 1. The van der Waals surface area contributed by atoms with Crippen LogP contribution in [-0.4, -0.2) is 41.1 Å². The second-order valence-corrected chi connectivity index (χ2v) is 8.58. The summed E-state index contributed by atoms with van der Waals surface area (Å²) in [6.07, 6.45) is -2.96. The Kier molecular flexibility index (Phi) is 5.41. The summed E-state index contributed by atoms with van der Waals surface area (Å²) in [5.74, 6) is -0.367. The summed E-state index contributed by atoms with van der Waals surface area (Å²) >= 11 is 4.66. The first-order valence-electron chi connectivity index (χ1n) is 8.89. The van der Waals surface area contributed by atoms with E-state index in [1.165, 1.54) is 11.3 Å². The number of anilines is 1. The normalized spacial score (nSPS) is 24.6. The molecule has 28 heavy (non-hydrogen) atoms. The van der Waals surface area contributed by atoms with Crippen LogP contribution in [0, 0.1) is 0 Å². The Balaban J connectivity index is 1.61. The maximum atomic E-state index is 13.7. The molecule has 0 saturated carbocycles. The summed E-state index contributed by atoms with van der Waals surface area (Å²) in [6, 6.07) is 1.28. The van der Waals surface area contributed by atoms with Gasteiger partial charge in [-0.1, -0.05) is 6.07 Å². The van der Waals surface area contributed by atoms with Crippen molar-refractivity contribution in [1.82, 2.24) is 15.1 Å². The molecule has 0 unspecified atom stereocenters. The minimum absolute atomic E-state index is 0.0655. The van der Waals surface area contributed by atoms with Gasteiger partial charge in [0.25, 0.3) is 5.91 Å². The molecule has 2 aromatic rings. The smallest absolute Gasteiger partial charge is 0.376 e. The van der Waals surface area contributed by atoms with Crippen LogP contribution in [0.1, 0.15) is 46.7 Å². The molecular weight excluding hydrogens is 461 g/mol. The average Bonchev–Trinajstić information content (AvgIpc) is 3.40. The number of nitrogens with one attached hydrogen (secondary N) is 2. The van der Waals surface area contributed by atoms with Gasteiger partial charge >= 0.3 is 6.18 Å². The molecule has 0 radical (unpaired) electrons. The van der Waals surface area contributed by atoms with Gasteiger partial charge in [-0.05, 0) is 40.2 Å². The van der Waals surface area contributed by atoms with Crippen LogP contribution >= 0.6 is 27.3 Å². The van der Waals surface area contributed by atoms with Gasteiger partial charge in [-0.3, -0.25) is 4.79 Å². The monoisotopic (exact) mass is 478 g/mol. The second-order valence-electron chi connectivity index (χ2n) is 6.81. The van der Waals surface area contributed by atoms with Crippen LogP contribution in [-0.2, 0) is 4.74 Å². The number of ether oxygens (including phenoxy) is 1. The predicted octanol–water partition coefficient (Wildman–Crippen LogP) is 4.28. The zero-order chi connectivity index (χ0) is 19.9. The van der Waals surface area contributed by atoms with Crippen LogP contribution in [0.3, 0.4) is 0 Å². The number of hydrogen-bond acceptors (Lipinski definition) is 5. The van der Waals surface area contributed by atoms with Crippen LogP contribution in [0.25, 0.3) is 0 Å². The minimum Gasteiger partial charge on any atom is -0.376 e. The molecule has 2 aliphatic heterocycles. The van der Waals surface area contributed by atoms with E-state index < -0.39 is 24.2 Å². The topological polar surface area (TPSA) is 68.2 Å². The number of thiophene rings is 1. The molecule has 1 saturated heterocycles. The van der Waals surface area contributed by atoms with Crippen molar-refractivity contribution in [2.45, 2.75) is 43.6 Å². The van der Waals surface area contributed by atoms with Crippen molar-refractivity contribution in [3.05, 3.63) is 32.6 Å². The first kappa shape index (κ1) is 19.7. The summed E-state index contributed by atoms with van der Waals surface area (Å²) in [6.45, 7) is 0.964. The highest BCUT2D eigenvalue weighted by Crippen LogP contribution is 2.46. The molecule has 2 N–H and O–H groups in total. The number of rotatable bonds is 4. The van der Waals surface area contributed by atoms with Gasteiger partial charge in [-0.25, -0.2) is 4.68 Å². The largest absolute Gasteiger partial charge is 0.410 e. The lowest BCUT2D eigenvalue weighted by Crippen LogP contribution is -2.36. The molecule has 4 heterocycles. The van der Waals surface area contributed by atoms with Crippen LogP contribution in [0.15, 0.2) is 22.0 Å². The van der Waals surface area contributed by atoms with Crippen molar-refractivity contribution in [1.29, 1.82) is 0 Å². The van der Waals surface area contributed by atoms with Gasteiger partial charge in [-0.2, -0.15) is 18.3 Å². The highest BCUT2D eigenvalue weighted by Gasteiger charge is 2.48. The first-order chi connectivity index (χ1) is 13.3. The SMILES string of the molecule is O=C(NC[C@@H]1CCCO1)c1nn2c(c1Br)N[C@H](c1cccs1)C[C@@H]2C(F)(F)F. The van der Waals surface area contributed by atoms with Gasteiger partial charge in [0, 0.05) is 24.4 Å². The minimum atomic E-state index is -4.48. The highest BCUT2D eigenvalue weighted by molar-refractivity contribution is 9.10. The van der Waals surface area contributed by atoms with Gasteiger partial charge in [0.05, 0.1) is 16.6 Å². The van der Waals surface area contributed by atoms with E-state index in [0.29, 0.717) is 13.2 Å². The fourth-order valence-electron chi connectivity index (χ4n) is 3.51. The van der Waals surface area contributed by atoms with E-state index in [2.05, 4.69) is 31.7 Å². The Morgan fingerprint density at radius 2 is 2.32 bits per heavy atom. The van der Waals surface area contributed by atoms with E-state index in [0.717, 1.165) is 22.4 Å². The molecule has 2 aliphatic rings. The molecule has 152 valence electrons. The Labute approximate surface area is 171 Å². The number of fused-ring (bicyclic) bond motifs is 1. The summed E-state index contributed by atoms with van der Waals surface area (Å²) in [5, 5.41) is 11.6. The maximum Gasteiger partial charge on any atom is 0.410 e. The van der Waals surface area contributed by atoms with Crippen molar-refractivity contribution < 1.29 is 22.7 Å². The van der Waals surface area contributed by atoms with Gasteiger partial charge in [-0.15, -0.1) is 11.3 Å². The maximum absolute atomic E-state index is 13.7. The zero-order valence-electron chi connectivity index (χ0n) is 14.6. The van der Waals surface area contributed by atoms with E-state index >= 15 is 0 Å². The van der Waals surface area contributed by atoms with Crippen LogP contribution in [0.5, 0.6) is 0 Å². The molecule has 11 heteroatoms. The fraction of sp³-hybridized carbons (Fsp3) is 0.529. The third kappa shape index (κ3) is 3.79. The number of carbonyl (C=O) groups excluding carboxylic acids is 1. The molecule has 0 aliphatic carbocycles. The molecule has 4 rings (SSSR count). The van der Waals surface area contributed by atoms with E-state index in [1.807, 2.05) is 5.38 Å². The van der Waals surface area contributed by atoms with Crippen molar-refractivity contribution in [2.24, 2.45) is 0 Å². The number of aromatic nitrogens is 2. The first-order valence-corrected chi connectivity index (χ1v) is 10.6. The molecule has 0 spiro atoms. The number of nitrogens with zero attached hydrogens (tertiary/aromatic N) is 2. The Morgan fingerprint density at radius 3 is 2.96 bits per heavy atom. The lowest BCUT2D eigenvalue weighted by Gasteiger charge is -2.33. The molecule has 6 nitrogen and oxygen atoms in total. The van der Waals surface area contributed by atoms with E-state index in [9.17, 15) is 18.0 Å². The van der Waals surface area contributed by atoms with E-state index in [1.54, 1.807) is 12.1 Å². The van der Waals surface area contributed by atoms with Crippen molar-refractivity contribution in [3.63, 3.8) is 0 Å². The third-order valence-electron chi connectivity index (χ3n) is 4.91. The molecular formula is C17H18BrF3N4O2S. The van der Waals surface area contributed by atoms with Gasteiger partial charge < -0.3 is 15.4 Å². The second kappa shape index (κ2) is 7.68. The third-order valence-corrected chi connectivity index (χ3v) is 6.65. The lowest BCUT2D eigenvalue weighted by molar-refractivity contribution is -0.173. The van der Waals surface area contributed by atoms with Crippen LogP contribution < -0.4 is 10.6 Å². The van der Waals surface area contributed by atoms with Crippen molar-refractivity contribution in [3.8, 4) is 0 Å². The standard InChI is InChI=1S/C17H18BrF3N4O2S/c18-13-14(16(26)22-8-9-3-1-5-27-9)24-25-12(17(19,20)21)7-10(23-15(13)25)11-4-2-6-28-11/h2,4,6,9-10,12,23H,1,3,5,7-8H2,(H,22,26)/t9-,10-,12+/m0/s1. The Morgan fingerprint density at radius 1 is 1.50 bits per heavy atom. The number of alkyl halides is 3. The summed E-state index contributed by atoms with van der Waals surface area (Å²) < 4.78 is 47.7. The molecule has 2 aromatic heterocycles. The molecule has 0 aromatic carbocycles.